The molecule has 2 aliphatic rings. The number of terminal acetylenes is 1. The van der Waals surface area contributed by atoms with Crippen molar-refractivity contribution in [2.24, 2.45) is 5.73 Å². The van der Waals surface area contributed by atoms with Gasteiger partial charge in [0.05, 0.1) is 6.04 Å². The summed E-state index contributed by atoms with van der Waals surface area (Å²) in [7, 11) is 0. The summed E-state index contributed by atoms with van der Waals surface area (Å²) in [6.45, 7) is 0.553. The minimum absolute atomic E-state index is 0.0835. The Kier molecular flexibility index (Phi) is 6.40. The molecule has 3 aromatic carbocycles. The van der Waals surface area contributed by atoms with Gasteiger partial charge in [0.2, 0.25) is 11.8 Å². The third-order valence-corrected chi connectivity index (χ3v) is 7.34. The highest BCUT2D eigenvalue weighted by molar-refractivity contribution is 6.31. The second kappa shape index (κ2) is 9.51. The summed E-state index contributed by atoms with van der Waals surface area (Å²) < 4.78 is 5.96. The van der Waals surface area contributed by atoms with Gasteiger partial charge in [-0.1, -0.05) is 47.3 Å². The van der Waals surface area contributed by atoms with Crippen molar-refractivity contribution in [3.05, 3.63) is 93.0 Å². The molecule has 0 aliphatic carbocycles. The highest BCUT2D eigenvalue weighted by Gasteiger charge is 2.61. The average Bonchev–Trinajstić information content (AvgIpc) is 3.14. The van der Waals surface area contributed by atoms with Crippen LogP contribution in [0.25, 0.3) is 0 Å². The second-order valence-corrected chi connectivity index (χ2v) is 9.73. The van der Waals surface area contributed by atoms with E-state index in [1.165, 1.54) is 0 Å². The fraction of sp³-hybridized carbons (Fsp3) is 0.214. The molecule has 182 valence electrons. The number of carbonyl (C=O) groups excluding carboxylic acids is 2. The second-order valence-electron chi connectivity index (χ2n) is 8.86. The van der Waals surface area contributed by atoms with Crippen LogP contribution in [0.4, 0.5) is 5.69 Å². The third-order valence-electron chi connectivity index (χ3n) is 6.86. The summed E-state index contributed by atoms with van der Waals surface area (Å²) in [6, 6.07) is 17.0. The molecule has 6 nitrogen and oxygen atoms in total. The summed E-state index contributed by atoms with van der Waals surface area (Å²) in [5, 5.41) is 7.10. The molecule has 0 saturated carbocycles. The SMILES string of the molecule is C#Cc1ccc(OCCN)c([C@H]2NC(=O)C[C@@H](c3cccc(Cl)c3)[C@]23C(=O)Nc2cc(Cl)ccc23)c1. The van der Waals surface area contributed by atoms with Gasteiger partial charge in [-0.2, -0.15) is 0 Å². The number of carbonyl (C=O) groups is 2. The molecule has 1 saturated heterocycles. The van der Waals surface area contributed by atoms with Crippen LogP contribution in [0.5, 0.6) is 5.75 Å². The van der Waals surface area contributed by atoms with Crippen molar-refractivity contribution >= 4 is 40.7 Å². The lowest BCUT2D eigenvalue weighted by Gasteiger charge is -2.46. The summed E-state index contributed by atoms with van der Waals surface area (Å²) in [6.07, 6.45) is 5.80. The Bertz CT molecular complexity index is 1420. The van der Waals surface area contributed by atoms with Crippen LogP contribution < -0.4 is 21.1 Å². The predicted molar refractivity (Wildman–Crippen MR) is 140 cm³/mol. The molecule has 0 aromatic heterocycles. The number of halogens is 2. The first-order valence-electron chi connectivity index (χ1n) is 11.5. The van der Waals surface area contributed by atoms with Gasteiger partial charge in [0, 0.05) is 45.7 Å². The van der Waals surface area contributed by atoms with Gasteiger partial charge < -0.3 is 21.1 Å². The average molecular weight is 520 g/mol. The van der Waals surface area contributed by atoms with E-state index < -0.39 is 17.4 Å². The Labute approximate surface area is 219 Å². The van der Waals surface area contributed by atoms with Crippen LogP contribution in [0.2, 0.25) is 10.0 Å². The normalized spacial score (nSPS) is 22.5. The van der Waals surface area contributed by atoms with Gasteiger partial charge in [-0.05, 0) is 53.6 Å². The van der Waals surface area contributed by atoms with Gasteiger partial charge in [-0.15, -0.1) is 6.42 Å². The van der Waals surface area contributed by atoms with Gasteiger partial charge in [0.1, 0.15) is 17.8 Å². The lowest BCUT2D eigenvalue weighted by Crippen LogP contribution is -2.57. The number of hydrogen-bond donors (Lipinski definition) is 3. The van der Waals surface area contributed by atoms with E-state index >= 15 is 0 Å². The van der Waals surface area contributed by atoms with E-state index in [2.05, 4.69) is 16.6 Å². The van der Waals surface area contributed by atoms with E-state index in [-0.39, 0.29) is 24.8 Å². The van der Waals surface area contributed by atoms with Crippen LogP contribution in [-0.2, 0) is 15.0 Å². The Morgan fingerprint density at radius 1 is 1.08 bits per heavy atom. The molecule has 36 heavy (non-hydrogen) atoms. The highest BCUT2D eigenvalue weighted by atomic mass is 35.5. The topological polar surface area (TPSA) is 93.4 Å². The minimum atomic E-state index is -1.23. The van der Waals surface area contributed by atoms with Crippen molar-refractivity contribution in [3.8, 4) is 18.1 Å². The van der Waals surface area contributed by atoms with Gasteiger partial charge in [0.15, 0.2) is 0 Å². The molecular weight excluding hydrogens is 497 g/mol. The van der Waals surface area contributed by atoms with Gasteiger partial charge in [0.25, 0.3) is 0 Å². The van der Waals surface area contributed by atoms with Crippen molar-refractivity contribution in [3.63, 3.8) is 0 Å². The molecule has 1 fully saturated rings. The molecule has 2 aliphatic heterocycles. The molecule has 0 unspecified atom stereocenters. The number of nitrogens with two attached hydrogens (primary N) is 1. The zero-order valence-corrected chi connectivity index (χ0v) is 20.7. The molecule has 0 radical (unpaired) electrons. The van der Waals surface area contributed by atoms with E-state index in [0.29, 0.717) is 39.2 Å². The number of anilines is 1. The summed E-state index contributed by atoms with van der Waals surface area (Å²) in [5.74, 6) is 2.13. The molecule has 3 aromatic rings. The minimum Gasteiger partial charge on any atom is -0.492 e. The zero-order valence-electron chi connectivity index (χ0n) is 19.2. The molecule has 5 rings (SSSR count). The molecule has 0 bridgehead atoms. The number of fused-ring (bicyclic) bond motifs is 2. The smallest absolute Gasteiger partial charge is 0.238 e. The van der Waals surface area contributed by atoms with E-state index in [0.717, 1.165) is 11.1 Å². The largest absolute Gasteiger partial charge is 0.492 e. The van der Waals surface area contributed by atoms with Crippen LogP contribution in [0.15, 0.2) is 60.7 Å². The van der Waals surface area contributed by atoms with Crippen molar-refractivity contribution in [2.75, 3.05) is 18.5 Å². The van der Waals surface area contributed by atoms with E-state index in [4.69, 9.17) is 40.1 Å². The Balaban J connectivity index is 1.81. The molecule has 2 heterocycles. The van der Waals surface area contributed by atoms with Crippen LogP contribution in [0, 0.1) is 12.3 Å². The Morgan fingerprint density at radius 3 is 2.64 bits per heavy atom. The zero-order chi connectivity index (χ0) is 25.4. The first kappa shape index (κ1) is 24.2. The van der Waals surface area contributed by atoms with Gasteiger partial charge >= 0.3 is 0 Å². The lowest BCUT2D eigenvalue weighted by molar-refractivity contribution is -0.131. The predicted octanol–water partition coefficient (Wildman–Crippen LogP) is 4.55. The lowest BCUT2D eigenvalue weighted by atomic mass is 9.59. The molecule has 4 N–H and O–H groups in total. The monoisotopic (exact) mass is 519 g/mol. The maximum absolute atomic E-state index is 14.1. The first-order chi connectivity index (χ1) is 17.4. The standard InChI is InChI=1S/C28H23Cl2N3O3/c1-2-16-6-9-24(36-11-10-31)20(12-16)26-28(21-8-7-19(30)14-23(21)32-27(28)35)22(15-25(34)33-26)17-4-3-5-18(29)13-17/h1,3-9,12-14,22,26H,10-11,15,31H2,(H,32,35)(H,33,34)/t22-,26+,28-/m0/s1. The van der Waals surface area contributed by atoms with Crippen LogP contribution in [0.1, 0.15) is 40.6 Å². The number of rotatable bonds is 5. The van der Waals surface area contributed by atoms with Crippen molar-refractivity contribution in [1.29, 1.82) is 0 Å². The Morgan fingerprint density at radius 2 is 1.89 bits per heavy atom. The molecular formula is C28H23Cl2N3O3. The first-order valence-corrected chi connectivity index (χ1v) is 12.2. The van der Waals surface area contributed by atoms with Crippen molar-refractivity contribution in [1.82, 2.24) is 5.32 Å². The number of benzene rings is 3. The number of piperidine rings is 1. The molecule has 3 atom stereocenters. The van der Waals surface area contributed by atoms with Gasteiger partial charge in [-0.25, -0.2) is 0 Å². The van der Waals surface area contributed by atoms with Crippen molar-refractivity contribution < 1.29 is 14.3 Å². The molecule has 8 heteroatoms. The highest BCUT2D eigenvalue weighted by Crippen LogP contribution is 2.58. The number of ether oxygens (including phenoxy) is 1. The fourth-order valence-electron chi connectivity index (χ4n) is 5.43. The van der Waals surface area contributed by atoms with Gasteiger partial charge in [-0.3, -0.25) is 9.59 Å². The van der Waals surface area contributed by atoms with E-state index in [1.54, 1.807) is 42.5 Å². The number of hydrogen-bond acceptors (Lipinski definition) is 4. The fourth-order valence-corrected chi connectivity index (χ4v) is 5.80. The third kappa shape index (κ3) is 3.90. The van der Waals surface area contributed by atoms with E-state index in [9.17, 15) is 9.59 Å². The van der Waals surface area contributed by atoms with Crippen molar-refractivity contribution in [2.45, 2.75) is 23.8 Å². The molecule has 1 spiro atoms. The maximum Gasteiger partial charge on any atom is 0.238 e. The van der Waals surface area contributed by atoms with Crippen LogP contribution in [-0.4, -0.2) is 25.0 Å². The van der Waals surface area contributed by atoms with Crippen LogP contribution in [0.3, 0.4) is 0 Å². The summed E-state index contributed by atoms with van der Waals surface area (Å²) in [5.41, 5.74) is 7.75. The van der Waals surface area contributed by atoms with Crippen LogP contribution >= 0.6 is 23.2 Å². The molecule has 2 amide bonds. The van der Waals surface area contributed by atoms with E-state index in [1.807, 2.05) is 18.2 Å². The summed E-state index contributed by atoms with van der Waals surface area (Å²) >= 11 is 12.6. The summed E-state index contributed by atoms with van der Waals surface area (Å²) in [4.78, 5) is 27.3. The number of amides is 2. The number of nitrogens with one attached hydrogen (secondary N) is 2. The quantitative estimate of drug-likeness (QED) is 0.431. The Hall–Kier alpha value is -3.50. The maximum atomic E-state index is 14.1.